The van der Waals surface area contributed by atoms with E-state index < -0.39 is 47.0 Å². The molecule has 1 amide bonds. The fourth-order valence-electron chi connectivity index (χ4n) is 8.89. The summed E-state index contributed by atoms with van der Waals surface area (Å²) in [4.78, 5) is 28.4. The molecule has 0 saturated carbocycles. The number of rotatable bonds is 25. The largest absolute Gasteiger partial charge is 0.497 e. The number of nitriles is 2. The van der Waals surface area contributed by atoms with E-state index in [9.17, 15) is 15.3 Å². The standard InChI is InChI=1S/C57H71N8O8PSSi/c1-39(2)65(40(3)4)74(70-34-18-32-58)72-50-47(37-69-57(42-22-16-13-17-23-42,43-24-28-45(67-8)29-25-43)44-26-30-46(68-9)31-27-44)71-54(51(50)73-76(10,11)56(5,6)7)64-38-60-49-52(64)62-55(63-53(49)75-35-19-33-59)61-48(66)36-41-20-14-12-15-21-41/h12-17,20-31,38-40,47,50-51,54H,18-19,34-37H2,1-11H3,(H,61,62,63,66)/t47-,50-,51-,54-,74?/m1/s1. The zero-order valence-electron chi connectivity index (χ0n) is 45.4. The number of fused-ring (bicyclic) bond motifs is 1. The second kappa shape index (κ2) is 26.1. The first-order valence-electron chi connectivity index (χ1n) is 25.6. The van der Waals surface area contributed by atoms with Crippen LogP contribution in [-0.2, 0) is 39.8 Å². The summed E-state index contributed by atoms with van der Waals surface area (Å²) in [5.74, 6) is 1.59. The van der Waals surface area contributed by atoms with Crippen molar-refractivity contribution in [3.63, 3.8) is 0 Å². The van der Waals surface area contributed by atoms with Gasteiger partial charge in [0, 0.05) is 24.3 Å². The number of hydrogen-bond acceptors (Lipinski definition) is 15. The van der Waals surface area contributed by atoms with Gasteiger partial charge in [-0.2, -0.15) is 15.5 Å². The highest BCUT2D eigenvalue weighted by Gasteiger charge is 2.54. The van der Waals surface area contributed by atoms with E-state index in [1.807, 2.05) is 102 Å². The normalized spacial score (nSPS) is 17.5. The highest BCUT2D eigenvalue weighted by Crippen LogP contribution is 2.53. The average molecular weight is 1090 g/mol. The zero-order valence-corrected chi connectivity index (χ0v) is 48.1. The molecule has 1 aliphatic rings. The Hall–Kier alpha value is -5.76. The Kier molecular flexibility index (Phi) is 19.9. The number of carbonyl (C=O) groups is 1. The molecule has 2 aromatic heterocycles. The fraction of sp³-hybridized carbons (Fsp3) is 0.439. The van der Waals surface area contributed by atoms with Crippen LogP contribution in [0.3, 0.4) is 0 Å². The van der Waals surface area contributed by atoms with Crippen LogP contribution >= 0.6 is 20.3 Å². The van der Waals surface area contributed by atoms with E-state index in [-0.39, 0.29) is 61.5 Å². The molecule has 1 saturated heterocycles. The zero-order chi connectivity index (χ0) is 54.6. The van der Waals surface area contributed by atoms with Crippen LogP contribution in [0.1, 0.15) is 89.8 Å². The van der Waals surface area contributed by atoms with Crippen molar-refractivity contribution in [2.45, 2.75) is 133 Å². The lowest BCUT2D eigenvalue weighted by atomic mass is 9.80. The van der Waals surface area contributed by atoms with Crippen molar-refractivity contribution in [3.8, 4) is 23.6 Å². The first-order valence-corrected chi connectivity index (χ1v) is 30.6. The van der Waals surface area contributed by atoms with E-state index in [2.05, 4.69) is 95.8 Å². The number of anilines is 1. The summed E-state index contributed by atoms with van der Waals surface area (Å²) < 4.78 is 52.2. The molecule has 402 valence electrons. The van der Waals surface area contributed by atoms with Crippen molar-refractivity contribution in [1.29, 1.82) is 10.5 Å². The molecule has 7 rings (SSSR count). The molecule has 3 heterocycles. The number of methoxy groups -OCH3 is 2. The third kappa shape index (κ3) is 13.5. The van der Waals surface area contributed by atoms with Gasteiger partial charge in [0.15, 0.2) is 20.2 Å². The maximum absolute atomic E-state index is 13.7. The van der Waals surface area contributed by atoms with E-state index >= 15 is 0 Å². The number of amides is 1. The third-order valence-corrected chi connectivity index (χ3v) is 21.2. The Bertz CT molecular complexity index is 2860. The molecule has 19 heteroatoms. The molecule has 4 aromatic carbocycles. The predicted octanol–water partition coefficient (Wildman–Crippen LogP) is 12.0. The molecule has 1 unspecified atom stereocenters. The van der Waals surface area contributed by atoms with Gasteiger partial charge in [-0.25, -0.2) is 14.6 Å². The fourth-order valence-corrected chi connectivity index (χ4v) is 12.8. The second-order valence-corrected chi connectivity index (χ2v) is 27.7. The summed E-state index contributed by atoms with van der Waals surface area (Å²) in [6.45, 7) is 19.4. The van der Waals surface area contributed by atoms with Gasteiger partial charge >= 0.3 is 0 Å². The Morgan fingerprint density at radius 1 is 0.829 bits per heavy atom. The van der Waals surface area contributed by atoms with Crippen molar-refractivity contribution in [1.82, 2.24) is 24.2 Å². The first kappa shape index (κ1) is 57.9. The molecule has 76 heavy (non-hydrogen) atoms. The number of aromatic nitrogens is 4. The Morgan fingerprint density at radius 3 is 1.96 bits per heavy atom. The van der Waals surface area contributed by atoms with Crippen LogP contribution in [0.2, 0.25) is 18.1 Å². The Labute approximate surface area is 454 Å². The van der Waals surface area contributed by atoms with Crippen LogP contribution in [0.4, 0.5) is 5.95 Å². The smallest absolute Gasteiger partial charge is 0.259 e. The molecule has 0 radical (unpaired) electrons. The first-order chi connectivity index (χ1) is 36.4. The summed E-state index contributed by atoms with van der Waals surface area (Å²) in [6, 6.07) is 39.7. The van der Waals surface area contributed by atoms with Crippen molar-refractivity contribution in [3.05, 3.63) is 138 Å². The molecule has 0 aliphatic carbocycles. The number of ether oxygens (including phenoxy) is 4. The van der Waals surface area contributed by atoms with Gasteiger partial charge in [0.05, 0.1) is 58.7 Å². The molecule has 0 bridgehead atoms. The van der Waals surface area contributed by atoms with Crippen LogP contribution in [0.15, 0.2) is 121 Å². The topological polar surface area (TPSA) is 188 Å². The maximum atomic E-state index is 13.7. The van der Waals surface area contributed by atoms with E-state index in [0.29, 0.717) is 33.4 Å². The second-order valence-electron chi connectivity index (χ2n) is 20.5. The number of benzene rings is 4. The minimum atomic E-state index is -2.73. The summed E-state index contributed by atoms with van der Waals surface area (Å²) in [5, 5.41) is 22.4. The number of imidazole rings is 1. The molecule has 5 atom stereocenters. The lowest BCUT2D eigenvalue weighted by molar-refractivity contribution is -0.115. The third-order valence-electron chi connectivity index (χ3n) is 13.6. The number of nitrogens with zero attached hydrogens (tertiary/aromatic N) is 7. The van der Waals surface area contributed by atoms with E-state index in [1.54, 1.807) is 20.5 Å². The van der Waals surface area contributed by atoms with Crippen molar-refractivity contribution in [2.75, 3.05) is 38.5 Å². The minimum absolute atomic E-state index is 0.0154. The summed E-state index contributed by atoms with van der Waals surface area (Å²) >= 11 is 1.36. The van der Waals surface area contributed by atoms with Gasteiger partial charge in [-0.05, 0) is 92.3 Å². The van der Waals surface area contributed by atoms with Crippen molar-refractivity contribution in [2.24, 2.45) is 0 Å². The Morgan fingerprint density at radius 2 is 1.41 bits per heavy atom. The average Bonchev–Trinajstić information content (AvgIpc) is 3.97. The summed E-state index contributed by atoms with van der Waals surface area (Å²) in [6.07, 6.45) is -1.27. The lowest BCUT2D eigenvalue weighted by Crippen LogP contribution is -2.50. The van der Waals surface area contributed by atoms with Crippen LogP contribution in [0, 0.1) is 22.7 Å². The van der Waals surface area contributed by atoms with Crippen molar-refractivity contribution < 1.29 is 37.2 Å². The SMILES string of the molecule is COc1ccc(C(OC[C@H]2O[C@@H](n3cnc4c(SCCC#N)nc(NC(=O)Cc5ccccc5)nc43)[C@H](O[Si](C)(C)C(C)(C)C)[C@@H]2OP(OCCC#N)N(C(C)C)C(C)C)(c2ccccc2)c2ccc(OC)cc2)cc1. The van der Waals surface area contributed by atoms with Gasteiger partial charge in [-0.1, -0.05) is 106 Å². The molecule has 1 aliphatic heterocycles. The van der Waals surface area contributed by atoms with Gasteiger partial charge in [-0.15, -0.1) is 11.8 Å². The van der Waals surface area contributed by atoms with Crippen LogP contribution in [0.5, 0.6) is 11.5 Å². The molecule has 6 aromatic rings. The predicted molar refractivity (Wildman–Crippen MR) is 299 cm³/mol. The molecular formula is C57H71N8O8PSSi. The summed E-state index contributed by atoms with van der Waals surface area (Å²) in [7, 11) is -1.31. The lowest BCUT2D eigenvalue weighted by Gasteiger charge is -2.42. The van der Waals surface area contributed by atoms with Crippen LogP contribution in [-0.4, -0.2) is 102 Å². The van der Waals surface area contributed by atoms with Gasteiger partial charge in [0.1, 0.15) is 46.0 Å². The van der Waals surface area contributed by atoms with Gasteiger partial charge in [0.2, 0.25) is 11.9 Å². The van der Waals surface area contributed by atoms with E-state index in [0.717, 1.165) is 22.3 Å². The van der Waals surface area contributed by atoms with Gasteiger partial charge in [0.25, 0.3) is 8.53 Å². The summed E-state index contributed by atoms with van der Waals surface area (Å²) in [5.41, 5.74) is 2.98. The van der Waals surface area contributed by atoms with Gasteiger partial charge in [-0.3, -0.25) is 14.7 Å². The Balaban J connectivity index is 1.43. The molecule has 1 fully saturated rings. The highest BCUT2D eigenvalue weighted by molar-refractivity contribution is 7.99. The number of hydrogen-bond donors (Lipinski definition) is 1. The number of nitrogens with one attached hydrogen (secondary N) is 1. The monoisotopic (exact) mass is 1090 g/mol. The van der Waals surface area contributed by atoms with Crippen molar-refractivity contribution >= 4 is 51.6 Å². The quantitative estimate of drug-likeness (QED) is 0.0142. The van der Waals surface area contributed by atoms with Crippen LogP contribution < -0.4 is 14.8 Å². The van der Waals surface area contributed by atoms with Gasteiger partial charge < -0.3 is 32.4 Å². The molecule has 0 spiro atoms. The minimum Gasteiger partial charge on any atom is -0.497 e. The van der Waals surface area contributed by atoms with E-state index in [4.69, 9.17) is 47.4 Å². The molecular weight excluding hydrogens is 1020 g/mol. The number of carbonyl (C=O) groups excluding carboxylic acids is 1. The molecule has 1 N–H and O–H groups in total. The van der Waals surface area contributed by atoms with E-state index in [1.165, 1.54) is 11.8 Å². The highest BCUT2D eigenvalue weighted by atomic mass is 32.2. The van der Waals surface area contributed by atoms with Crippen LogP contribution in [0.25, 0.3) is 11.2 Å². The maximum Gasteiger partial charge on any atom is 0.259 e. The number of thioether (sulfide) groups is 1. The molecule has 16 nitrogen and oxygen atoms in total.